The molecular weight excluding hydrogens is 322 g/mol. The van der Waals surface area contributed by atoms with Gasteiger partial charge >= 0.3 is 0 Å². The first kappa shape index (κ1) is 15.2. The van der Waals surface area contributed by atoms with Crippen molar-refractivity contribution >= 4 is 23.2 Å². The van der Waals surface area contributed by atoms with Crippen molar-refractivity contribution < 1.29 is 13.6 Å². The van der Waals surface area contributed by atoms with Crippen LogP contribution in [0.5, 0.6) is 0 Å². The van der Waals surface area contributed by atoms with E-state index in [4.69, 9.17) is 0 Å². The maximum atomic E-state index is 14.5. The van der Waals surface area contributed by atoms with Crippen molar-refractivity contribution in [2.45, 2.75) is 0 Å². The molecule has 0 saturated heterocycles. The molecule has 1 N–H and O–H groups in total. The van der Waals surface area contributed by atoms with E-state index in [1.54, 1.807) is 36.7 Å². The lowest BCUT2D eigenvalue weighted by Crippen LogP contribution is -2.03. The highest BCUT2D eigenvalue weighted by Gasteiger charge is 2.24. The van der Waals surface area contributed by atoms with E-state index in [0.717, 1.165) is 5.56 Å². The minimum absolute atomic E-state index is 0.241. The van der Waals surface area contributed by atoms with Crippen molar-refractivity contribution in [3.8, 4) is 11.1 Å². The van der Waals surface area contributed by atoms with Gasteiger partial charge in [0.25, 0.3) is 5.91 Å². The summed E-state index contributed by atoms with van der Waals surface area (Å²) in [4.78, 5) is 16.1. The van der Waals surface area contributed by atoms with Crippen LogP contribution in [0, 0.1) is 11.6 Å². The summed E-state index contributed by atoms with van der Waals surface area (Å²) in [5.74, 6) is -1.28. The summed E-state index contributed by atoms with van der Waals surface area (Å²) in [6, 6.07) is 12.4. The van der Waals surface area contributed by atoms with E-state index in [0.29, 0.717) is 16.8 Å². The highest BCUT2D eigenvalue weighted by atomic mass is 19.1. The molecule has 5 heteroatoms. The van der Waals surface area contributed by atoms with Gasteiger partial charge in [0.1, 0.15) is 11.6 Å². The number of rotatable bonds is 2. The van der Waals surface area contributed by atoms with Crippen LogP contribution >= 0.6 is 0 Å². The Hall–Kier alpha value is -3.34. The van der Waals surface area contributed by atoms with Gasteiger partial charge in [-0.15, -0.1) is 0 Å². The Morgan fingerprint density at radius 3 is 2.48 bits per heavy atom. The molecule has 3 aromatic rings. The quantitative estimate of drug-likeness (QED) is 0.700. The summed E-state index contributed by atoms with van der Waals surface area (Å²) in [6.45, 7) is 0. The zero-order chi connectivity index (χ0) is 17.4. The van der Waals surface area contributed by atoms with Crippen LogP contribution in [0.3, 0.4) is 0 Å². The summed E-state index contributed by atoms with van der Waals surface area (Å²) < 4.78 is 28.0. The minimum Gasteiger partial charge on any atom is -0.321 e. The van der Waals surface area contributed by atoms with Gasteiger partial charge in [-0.25, -0.2) is 8.78 Å². The lowest BCUT2D eigenvalue weighted by Gasteiger charge is -2.05. The van der Waals surface area contributed by atoms with Crippen molar-refractivity contribution in [3.63, 3.8) is 0 Å². The number of carbonyl (C=O) groups is 1. The van der Waals surface area contributed by atoms with Crippen molar-refractivity contribution in [2.24, 2.45) is 0 Å². The molecule has 0 atom stereocenters. The molecule has 0 unspecified atom stereocenters. The predicted molar refractivity (Wildman–Crippen MR) is 92.5 cm³/mol. The molecule has 3 nitrogen and oxygen atoms in total. The number of halogens is 2. The Balaban J connectivity index is 1.76. The number of benzene rings is 2. The Morgan fingerprint density at radius 2 is 1.72 bits per heavy atom. The summed E-state index contributed by atoms with van der Waals surface area (Å²) in [5.41, 5.74) is 3.02. The molecule has 0 aliphatic carbocycles. The molecule has 4 rings (SSSR count). The Morgan fingerprint density at radius 1 is 0.920 bits per heavy atom. The van der Waals surface area contributed by atoms with Crippen molar-refractivity contribution in [1.82, 2.24) is 4.98 Å². The molecule has 122 valence electrons. The monoisotopic (exact) mass is 334 g/mol. The van der Waals surface area contributed by atoms with Gasteiger partial charge in [0.15, 0.2) is 0 Å². The van der Waals surface area contributed by atoms with Crippen LogP contribution in [0.15, 0.2) is 60.9 Å². The van der Waals surface area contributed by atoms with E-state index in [1.165, 1.54) is 30.3 Å². The fourth-order valence-corrected chi connectivity index (χ4v) is 2.83. The van der Waals surface area contributed by atoms with Crippen LogP contribution in [-0.2, 0) is 4.79 Å². The number of hydrogen-bond acceptors (Lipinski definition) is 2. The molecule has 0 fully saturated rings. The highest BCUT2D eigenvalue weighted by Crippen LogP contribution is 2.34. The molecule has 0 spiro atoms. The molecule has 2 heterocycles. The third-order valence-corrected chi connectivity index (χ3v) is 4.08. The Labute approximate surface area is 142 Å². The topological polar surface area (TPSA) is 42.0 Å². The normalized spacial score (nSPS) is 14.5. The maximum absolute atomic E-state index is 14.5. The zero-order valence-corrected chi connectivity index (χ0v) is 13.0. The van der Waals surface area contributed by atoms with E-state index in [1.807, 2.05) is 0 Å². The molecule has 25 heavy (non-hydrogen) atoms. The van der Waals surface area contributed by atoms with Gasteiger partial charge in [0.2, 0.25) is 0 Å². The van der Waals surface area contributed by atoms with Crippen molar-refractivity contribution in [2.75, 3.05) is 5.32 Å². The van der Waals surface area contributed by atoms with E-state index in [2.05, 4.69) is 10.3 Å². The van der Waals surface area contributed by atoms with Crippen molar-refractivity contribution in [1.29, 1.82) is 0 Å². The SMILES string of the molecule is O=C1Nc2ccc(F)cc2/C1=C\c1ccc(-c2ccncc2)cc1F. The van der Waals surface area contributed by atoms with E-state index in [-0.39, 0.29) is 17.0 Å². The fourth-order valence-electron chi connectivity index (χ4n) is 2.83. The zero-order valence-electron chi connectivity index (χ0n) is 13.0. The maximum Gasteiger partial charge on any atom is 0.256 e. The first-order chi connectivity index (χ1) is 12.1. The molecule has 1 aliphatic rings. The highest BCUT2D eigenvalue weighted by molar-refractivity contribution is 6.34. The Bertz CT molecular complexity index is 1010. The van der Waals surface area contributed by atoms with Crippen molar-refractivity contribution in [3.05, 3.63) is 83.7 Å². The number of pyridine rings is 1. The van der Waals surface area contributed by atoms with Gasteiger partial charge in [0.05, 0.1) is 0 Å². The van der Waals surface area contributed by atoms with Gasteiger partial charge in [-0.2, -0.15) is 0 Å². The molecule has 1 amide bonds. The van der Waals surface area contributed by atoms with Crippen LogP contribution in [0.1, 0.15) is 11.1 Å². The average Bonchev–Trinajstić information content (AvgIpc) is 2.92. The van der Waals surface area contributed by atoms with Crippen LogP contribution in [0.25, 0.3) is 22.8 Å². The molecule has 0 bridgehead atoms. The third kappa shape index (κ3) is 2.80. The number of hydrogen-bond donors (Lipinski definition) is 1. The smallest absolute Gasteiger partial charge is 0.256 e. The van der Waals surface area contributed by atoms with Gasteiger partial charge < -0.3 is 5.32 Å². The number of anilines is 1. The first-order valence-corrected chi connectivity index (χ1v) is 7.65. The second-order valence-electron chi connectivity index (χ2n) is 5.67. The van der Waals surface area contributed by atoms with Crippen LogP contribution in [-0.4, -0.2) is 10.9 Å². The minimum atomic E-state index is -0.459. The third-order valence-electron chi connectivity index (χ3n) is 4.08. The van der Waals surface area contributed by atoms with E-state index < -0.39 is 11.6 Å². The molecule has 1 aromatic heterocycles. The summed E-state index contributed by atoms with van der Waals surface area (Å²) >= 11 is 0. The standard InChI is InChI=1S/C20H12F2N2O/c21-15-3-4-19-16(11-15)17(20(25)24-19)9-14-2-1-13(10-18(14)22)12-5-7-23-8-6-12/h1-11H,(H,24,25)/b17-9+. The van der Waals surface area contributed by atoms with Crippen LogP contribution in [0.4, 0.5) is 14.5 Å². The summed E-state index contributed by atoms with van der Waals surface area (Å²) in [5, 5.41) is 2.65. The first-order valence-electron chi connectivity index (χ1n) is 7.65. The molecule has 1 aliphatic heterocycles. The lowest BCUT2D eigenvalue weighted by molar-refractivity contribution is -0.110. The number of amides is 1. The summed E-state index contributed by atoms with van der Waals surface area (Å²) in [6.07, 6.45) is 4.71. The number of fused-ring (bicyclic) bond motifs is 1. The number of nitrogens with one attached hydrogen (secondary N) is 1. The number of carbonyl (C=O) groups excluding carboxylic acids is 1. The second-order valence-corrected chi connectivity index (χ2v) is 5.67. The molecule has 2 aromatic carbocycles. The largest absolute Gasteiger partial charge is 0.321 e. The van der Waals surface area contributed by atoms with Crippen LogP contribution in [0.2, 0.25) is 0 Å². The summed E-state index contributed by atoms with van der Waals surface area (Å²) in [7, 11) is 0. The fraction of sp³-hybridized carbons (Fsp3) is 0. The van der Waals surface area contributed by atoms with E-state index in [9.17, 15) is 13.6 Å². The average molecular weight is 334 g/mol. The van der Waals surface area contributed by atoms with Gasteiger partial charge in [0, 0.05) is 34.8 Å². The molecule has 0 saturated carbocycles. The van der Waals surface area contributed by atoms with Gasteiger partial charge in [-0.3, -0.25) is 9.78 Å². The van der Waals surface area contributed by atoms with Gasteiger partial charge in [-0.05, 0) is 53.6 Å². The number of nitrogens with zero attached hydrogens (tertiary/aromatic N) is 1. The second kappa shape index (κ2) is 5.94. The molecular formula is C20H12F2N2O. The Kier molecular flexibility index (Phi) is 3.61. The molecule has 0 radical (unpaired) electrons. The van der Waals surface area contributed by atoms with E-state index >= 15 is 0 Å². The predicted octanol–water partition coefficient (Wildman–Crippen LogP) is 4.52. The van der Waals surface area contributed by atoms with Crippen LogP contribution < -0.4 is 5.32 Å². The number of aromatic nitrogens is 1. The van der Waals surface area contributed by atoms with Gasteiger partial charge in [-0.1, -0.05) is 12.1 Å². The lowest BCUT2D eigenvalue weighted by atomic mass is 10.0.